The Morgan fingerprint density at radius 1 is 1.00 bits per heavy atom. The van der Waals surface area contributed by atoms with Crippen molar-refractivity contribution in [3.63, 3.8) is 0 Å². The van der Waals surface area contributed by atoms with Crippen molar-refractivity contribution in [2.24, 2.45) is 5.92 Å². The third-order valence-corrected chi connectivity index (χ3v) is 5.80. The van der Waals surface area contributed by atoms with Crippen LogP contribution in [-0.2, 0) is 0 Å². The molecule has 0 spiro atoms. The van der Waals surface area contributed by atoms with Crippen LogP contribution in [0.4, 0.5) is 11.4 Å². The Labute approximate surface area is 173 Å². The van der Waals surface area contributed by atoms with E-state index in [1.54, 1.807) is 12.1 Å². The van der Waals surface area contributed by atoms with Gasteiger partial charge in [-0.3, -0.25) is 0 Å². The fraction of sp³-hybridized carbons (Fsp3) is 0.522. The molecule has 2 aromatic rings. The summed E-state index contributed by atoms with van der Waals surface area (Å²) in [6, 6.07) is 8.29. The summed E-state index contributed by atoms with van der Waals surface area (Å²) in [4.78, 5) is 12.3. The van der Waals surface area contributed by atoms with Crippen LogP contribution in [0.2, 0.25) is 0 Å². The van der Waals surface area contributed by atoms with Gasteiger partial charge in [0.25, 0.3) is 0 Å². The smallest absolute Gasteiger partial charge is 0.345 e. The van der Waals surface area contributed by atoms with Gasteiger partial charge in [-0.25, -0.2) is 4.79 Å². The molecule has 1 aromatic heterocycles. The molecule has 1 aliphatic carbocycles. The molecule has 0 atom stereocenters. The third kappa shape index (κ3) is 6.17. The topological polar surface area (TPSA) is 104 Å². The Kier molecular flexibility index (Phi) is 7.44. The van der Waals surface area contributed by atoms with Crippen LogP contribution in [0.25, 0.3) is 0 Å². The molecule has 1 saturated carbocycles. The number of aromatic nitrogens is 2. The second-order valence-electron chi connectivity index (χ2n) is 8.14. The van der Waals surface area contributed by atoms with Crippen LogP contribution in [-0.4, -0.2) is 16.2 Å². The van der Waals surface area contributed by atoms with Gasteiger partial charge >= 0.3 is 5.97 Å². The molecule has 4 N–H and O–H groups in total. The minimum absolute atomic E-state index is 0.185. The van der Waals surface area contributed by atoms with Crippen molar-refractivity contribution in [1.82, 2.24) is 10.2 Å². The molecular formula is C23H32N4O2. The first kappa shape index (κ1) is 21.1. The van der Waals surface area contributed by atoms with E-state index in [0.29, 0.717) is 22.9 Å². The highest BCUT2D eigenvalue weighted by atomic mass is 16.5. The Balaban J connectivity index is 1.50. The Bertz CT molecular complexity index is 779. The van der Waals surface area contributed by atoms with Crippen molar-refractivity contribution in [1.29, 1.82) is 0 Å². The van der Waals surface area contributed by atoms with Crippen LogP contribution in [0.5, 0.6) is 5.88 Å². The summed E-state index contributed by atoms with van der Waals surface area (Å²) < 4.78 is 5.31. The SMILES string of the molecule is CCCCCCC1CCC(c2ccc(OC(=O)c3cc(N)cc(N)c3)nn2)CC1. The zero-order valence-electron chi connectivity index (χ0n) is 17.3. The fourth-order valence-corrected chi connectivity index (χ4v) is 4.16. The molecule has 6 nitrogen and oxygen atoms in total. The number of hydrogen-bond acceptors (Lipinski definition) is 6. The summed E-state index contributed by atoms with van der Waals surface area (Å²) in [6.45, 7) is 2.26. The van der Waals surface area contributed by atoms with Gasteiger partial charge in [-0.2, -0.15) is 5.10 Å². The summed E-state index contributed by atoms with van der Waals surface area (Å²) in [5.41, 5.74) is 13.6. The summed E-state index contributed by atoms with van der Waals surface area (Å²) in [6.07, 6.45) is 11.6. The van der Waals surface area contributed by atoms with E-state index in [1.807, 2.05) is 6.07 Å². The molecule has 3 rings (SSSR count). The normalized spacial score (nSPS) is 19.1. The van der Waals surface area contributed by atoms with E-state index in [9.17, 15) is 4.79 Å². The average Bonchev–Trinajstić information content (AvgIpc) is 2.71. The van der Waals surface area contributed by atoms with Crippen LogP contribution < -0.4 is 16.2 Å². The van der Waals surface area contributed by atoms with Crippen LogP contribution >= 0.6 is 0 Å². The number of nitrogens with zero attached hydrogens (tertiary/aromatic N) is 2. The average molecular weight is 397 g/mol. The lowest BCUT2D eigenvalue weighted by molar-refractivity contribution is 0.0725. The number of carbonyl (C=O) groups excluding carboxylic acids is 1. The molecule has 1 fully saturated rings. The molecule has 1 aromatic carbocycles. The maximum atomic E-state index is 12.3. The highest BCUT2D eigenvalue weighted by Crippen LogP contribution is 2.37. The number of hydrogen-bond donors (Lipinski definition) is 2. The Morgan fingerprint density at radius 2 is 1.72 bits per heavy atom. The first-order chi connectivity index (χ1) is 14.0. The van der Waals surface area contributed by atoms with E-state index in [1.165, 1.54) is 57.1 Å². The zero-order chi connectivity index (χ0) is 20.6. The van der Waals surface area contributed by atoms with Gasteiger partial charge in [0.1, 0.15) is 0 Å². The van der Waals surface area contributed by atoms with E-state index in [4.69, 9.17) is 16.2 Å². The highest BCUT2D eigenvalue weighted by Gasteiger charge is 2.23. The fourth-order valence-electron chi connectivity index (χ4n) is 4.16. The van der Waals surface area contributed by atoms with Crippen LogP contribution in [0.15, 0.2) is 30.3 Å². The van der Waals surface area contributed by atoms with E-state index in [0.717, 1.165) is 24.5 Å². The van der Waals surface area contributed by atoms with Gasteiger partial charge in [0.15, 0.2) is 0 Å². The van der Waals surface area contributed by atoms with E-state index < -0.39 is 5.97 Å². The van der Waals surface area contributed by atoms with Gasteiger partial charge in [-0.15, -0.1) is 5.10 Å². The quantitative estimate of drug-likeness (QED) is 0.365. The van der Waals surface area contributed by atoms with Crippen molar-refractivity contribution in [3.8, 4) is 5.88 Å². The second kappa shape index (κ2) is 10.2. The molecule has 0 radical (unpaired) electrons. The second-order valence-corrected chi connectivity index (χ2v) is 8.14. The molecule has 6 heteroatoms. The molecule has 1 heterocycles. The van der Waals surface area contributed by atoms with Gasteiger partial charge < -0.3 is 16.2 Å². The van der Waals surface area contributed by atoms with Crippen molar-refractivity contribution >= 4 is 17.3 Å². The van der Waals surface area contributed by atoms with Gasteiger partial charge in [0.05, 0.1) is 11.3 Å². The summed E-state index contributed by atoms with van der Waals surface area (Å²) in [7, 11) is 0. The number of ether oxygens (including phenoxy) is 1. The maximum absolute atomic E-state index is 12.3. The number of unbranched alkanes of at least 4 members (excludes halogenated alkanes) is 3. The first-order valence-corrected chi connectivity index (χ1v) is 10.8. The van der Waals surface area contributed by atoms with E-state index in [-0.39, 0.29) is 5.88 Å². The minimum atomic E-state index is -0.547. The number of rotatable bonds is 8. The zero-order valence-corrected chi connectivity index (χ0v) is 17.3. The molecule has 156 valence electrons. The van der Waals surface area contributed by atoms with E-state index >= 15 is 0 Å². The molecule has 0 saturated heterocycles. The van der Waals surface area contributed by atoms with Crippen molar-refractivity contribution in [2.45, 2.75) is 70.6 Å². The van der Waals surface area contributed by atoms with Gasteiger partial charge in [-0.05, 0) is 55.9 Å². The van der Waals surface area contributed by atoms with Crippen molar-refractivity contribution in [3.05, 3.63) is 41.6 Å². The molecule has 0 bridgehead atoms. The van der Waals surface area contributed by atoms with Gasteiger partial charge in [0.2, 0.25) is 5.88 Å². The van der Waals surface area contributed by atoms with Gasteiger partial charge in [0, 0.05) is 23.4 Å². The Morgan fingerprint density at radius 3 is 2.34 bits per heavy atom. The Hall–Kier alpha value is -2.63. The number of nitrogens with two attached hydrogens (primary N) is 2. The molecule has 0 unspecified atom stereocenters. The summed E-state index contributed by atoms with van der Waals surface area (Å²) >= 11 is 0. The number of nitrogen functional groups attached to an aromatic ring is 2. The number of carbonyl (C=O) groups is 1. The first-order valence-electron chi connectivity index (χ1n) is 10.8. The molecule has 1 aliphatic rings. The van der Waals surface area contributed by atoms with E-state index in [2.05, 4.69) is 17.1 Å². The van der Waals surface area contributed by atoms with Crippen LogP contribution in [0.1, 0.15) is 86.7 Å². The lowest BCUT2D eigenvalue weighted by Gasteiger charge is -2.28. The van der Waals surface area contributed by atoms with Crippen LogP contribution in [0, 0.1) is 5.92 Å². The molecule has 0 amide bonds. The standard InChI is InChI=1S/C23H32N4O2/c1-2-3-4-5-6-16-7-9-17(10-8-16)21-11-12-22(27-26-21)29-23(28)18-13-19(24)15-20(25)14-18/h11-17H,2-10,24-25H2,1H3. The predicted molar refractivity (Wildman–Crippen MR) is 116 cm³/mol. The highest BCUT2D eigenvalue weighted by molar-refractivity contribution is 5.93. The largest absolute Gasteiger partial charge is 0.402 e. The van der Waals surface area contributed by atoms with Crippen molar-refractivity contribution < 1.29 is 9.53 Å². The lowest BCUT2D eigenvalue weighted by atomic mass is 9.78. The maximum Gasteiger partial charge on any atom is 0.345 e. The number of anilines is 2. The number of benzene rings is 1. The third-order valence-electron chi connectivity index (χ3n) is 5.80. The molecule has 0 aliphatic heterocycles. The predicted octanol–water partition coefficient (Wildman–Crippen LogP) is 5.10. The molecule has 29 heavy (non-hydrogen) atoms. The van der Waals surface area contributed by atoms with Gasteiger partial charge in [-0.1, -0.05) is 39.0 Å². The number of esters is 1. The monoisotopic (exact) mass is 396 g/mol. The van der Waals surface area contributed by atoms with Crippen LogP contribution in [0.3, 0.4) is 0 Å². The molecular weight excluding hydrogens is 364 g/mol. The lowest BCUT2D eigenvalue weighted by Crippen LogP contribution is -2.15. The summed E-state index contributed by atoms with van der Waals surface area (Å²) in [5.74, 6) is 0.953. The van der Waals surface area contributed by atoms with Crippen molar-refractivity contribution in [2.75, 3.05) is 11.5 Å². The minimum Gasteiger partial charge on any atom is -0.402 e. The summed E-state index contributed by atoms with van der Waals surface area (Å²) in [5, 5.41) is 8.42.